The van der Waals surface area contributed by atoms with E-state index in [0.29, 0.717) is 17.8 Å². The van der Waals surface area contributed by atoms with Crippen molar-refractivity contribution in [2.75, 3.05) is 0 Å². The Kier molecular flexibility index (Phi) is 4.37. The van der Waals surface area contributed by atoms with Crippen molar-refractivity contribution in [3.63, 3.8) is 0 Å². The first-order valence-corrected chi connectivity index (χ1v) is 5.90. The summed E-state index contributed by atoms with van der Waals surface area (Å²) in [5, 5.41) is 9.13. The Labute approximate surface area is 92.4 Å². The lowest BCUT2D eigenvalue weighted by molar-refractivity contribution is -0.145. The average molecular weight is 210 g/mol. The van der Waals surface area contributed by atoms with Crippen LogP contribution in [0, 0.1) is 23.7 Å². The number of rotatable bonds is 4. The minimum Gasteiger partial charge on any atom is -0.481 e. The van der Waals surface area contributed by atoms with E-state index in [9.17, 15) is 4.79 Å². The van der Waals surface area contributed by atoms with Crippen molar-refractivity contribution in [3.05, 3.63) is 12.7 Å². The maximum Gasteiger partial charge on any atom is 0.306 e. The molecule has 0 spiro atoms. The third-order valence-corrected chi connectivity index (χ3v) is 3.75. The summed E-state index contributed by atoms with van der Waals surface area (Å²) in [5.74, 6) is 0.917. The minimum atomic E-state index is -0.621. The van der Waals surface area contributed by atoms with E-state index in [0.717, 1.165) is 25.7 Å². The van der Waals surface area contributed by atoms with Crippen LogP contribution in [0.3, 0.4) is 0 Å². The van der Waals surface area contributed by atoms with Crippen molar-refractivity contribution in [1.82, 2.24) is 0 Å². The third-order valence-electron chi connectivity index (χ3n) is 3.75. The standard InChI is InChI=1S/C13H22O2/c1-4-5-11-8-10(9(2)3)6-7-12(11)13(14)15/h4,9-12H,1,5-8H2,2-3H3,(H,14,15). The van der Waals surface area contributed by atoms with Gasteiger partial charge in [-0.3, -0.25) is 4.79 Å². The normalized spacial score (nSPS) is 31.5. The number of carboxylic acid groups (broad SMARTS) is 1. The van der Waals surface area contributed by atoms with Gasteiger partial charge in [-0.2, -0.15) is 0 Å². The monoisotopic (exact) mass is 210 g/mol. The molecule has 0 saturated heterocycles. The highest BCUT2D eigenvalue weighted by atomic mass is 16.4. The van der Waals surface area contributed by atoms with Gasteiger partial charge < -0.3 is 5.11 Å². The SMILES string of the molecule is C=CCC1CC(C(C)C)CCC1C(=O)O. The largest absolute Gasteiger partial charge is 0.481 e. The molecule has 0 amide bonds. The fourth-order valence-corrected chi connectivity index (χ4v) is 2.71. The summed E-state index contributed by atoms with van der Waals surface area (Å²) in [6, 6.07) is 0. The van der Waals surface area contributed by atoms with Gasteiger partial charge in [-0.25, -0.2) is 0 Å². The zero-order valence-electron chi connectivity index (χ0n) is 9.78. The average Bonchev–Trinajstić information content (AvgIpc) is 2.17. The summed E-state index contributed by atoms with van der Waals surface area (Å²) in [7, 11) is 0. The van der Waals surface area contributed by atoms with E-state index >= 15 is 0 Å². The molecule has 0 bridgehead atoms. The van der Waals surface area contributed by atoms with Gasteiger partial charge in [0.2, 0.25) is 0 Å². The van der Waals surface area contributed by atoms with Crippen molar-refractivity contribution >= 4 is 5.97 Å². The fraction of sp³-hybridized carbons (Fsp3) is 0.769. The van der Waals surface area contributed by atoms with Crippen LogP contribution < -0.4 is 0 Å². The second-order valence-corrected chi connectivity index (χ2v) is 5.05. The van der Waals surface area contributed by atoms with Gasteiger partial charge in [0.1, 0.15) is 0 Å². The number of aliphatic carboxylic acids is 1. The second-order valence-electron chi connectivity index (χ2n) is 5.05. The van der Waals surface area contributed by atoms with Gasteiger partial charge in [-0.15, -0.1) is 6.58 Å². The highest BCUT2D eigenvalue weighted by molar-refractivity contribution is 5.70. The molecular formula is C13H22O2. The molecule has 1 fully saturated rings. The predicted molar refractivity (Wildman–Crippen MR) is 61.6 cm³/mol. The first-order valence-electron chi connectivity index (χ1n) is 5.90. The first kappa shape index (κ1) is 12.3. The van der Waals surface area contributed by atoms with Crippen LogP contribution in [0.2, 0.25) is 0 Å². The Morgan fingerprint density at radius 1 is 1.53 bits per heavy atom. The molecule has 0 aromatic carbocycles. The number of carbonyl (C=O) groups is 1. The van der Waals surface area contributed by atoms with E-state index in [1.54, 1.807) is 0 Å². The van der Waals surface area contributed by atoms with Crippen LogP contribution >= 0.6 is 0 Å². The Hall–Kier alpha value is -0.790. The molecule has 2 nitrogen and oxygen atoms in total. The Bertz CT molecular complexity index is 233. The number of carboxylic acids is 1. The lowest BCUT2D eigenvalue weighted by Gasteiger charge is -2.35. The van der Waals surface area contributed by atoms with Crippen LogP contribution in [0.15, 0.2) is 12.7 Å². The molecule has 3 unspecified atom stereocenters. The van der Waals surface area contributed by atoms with E-state index in [1.807, 2.05) is 6.08 Å². The molecule has 0 radical (unpaired) electrons. The summed E-state index contributed by atoms with van der Waals surface area (Å²) in [4.78, 5) is 11.1. The summed E-state index contributed by atoms with van der Waals surface area (Å²) in [6.07, 6.45) is 5.68. The third kappa shape index (κ3) is 3.08. The molecule has 3 atom stereocenters. The molecule has 1 saturated carbocycles. The van der Waals surface area contributed by atoms with Crippen LogP contribution in [-0.4, -0.2) is 11.1 Å². The van der Waals surface area contributed by atoms with Crippen molar-refractivity contribution in [1.29, 1.82) is 0 Å². The summed E-state index contributed by atoms with van der Waals surface area (Å²) in [6.45, 7) is 8.19. The molecule has 15 heavy (non-hydrogen) atoms. The Balaban J connectivity index is 2.64. The first-order chi connectivity index (χ1) is 7.06. The summed E-state index contributed by atoms with van der Waals surface area (Å²) in [5.41, 5.74) is 0. The topological polar surface area (TPSA) is 37.3 Å². The van der Waals surface area contributed by atoms with Crippen LogP contribution in [0.4, 0.5) is 0 Å². The zero-order valence-corrected chi connectivity index (χ0v) is 9.78. The van der Waals surface area contributed by atoms with E-state index in [-0.39, 0.29) is 5.92 Å². The predicted octanol–water partition coefficient (Wildman–Crippen LogP) is 3.34. The second kappa shape index (κ2) is 5.34. The van der Waals surface area contributed by atoms with Crippen molar-refractivity contribution in [2.45, 2.75) is 39.5 Å². The van der Waals surface area contributed by atoms with Crippen molar-refractivity contribution in [2.24, 2.45) is 23.7 Å². The van der Waals surface area contributed by atoms with E-state index < -0.39 is 5.97 Å². The van der Waals surface area contributed by atoms with Gasteiger partial charge >= 0.3 is 5.97 Å². The highest BCUT2D eigenvalue weighted by Crippen LogP contribution is 2.39. The summed E-state index contributed by atoms with van der Waals surface area (Å²) >= 11 is 0. The Morgan fingerprint density at radius 2 is 2.20 bits per heavy atom. The number of allylic oxidation sites excluding steroid dienone is 1. The number of hydrogen-bond donors (Lipinski definition) is 1. The van der Waals surface area contributed by atoms with Gasteiger partial charge in [0, 0.05) is 0 Å². The molecule has 1 N–H and O–H groups in total. The molecule has 1 aliphatic carbocycles. The van der Waals surface area contributed by atoms with Crippen molar-refractivity contribution < 1.29 is 9.90 Å². The maximum atomic E-state index is 11.1. The Morgan fingerprint density at radius 3 is 2.67 bits per heavy atom. The fourth-order valence-electron chi connectivity index (χ4n) is 2.71. The lowest BCUT2D eigenvalue weighted by Crippen LogP contribution is -2.32. The molecule has 1 aliphatic rings. The van der Waals surface area contributed by atoms with Crippen LogP contribution in [0.25, 0.3) is 0 Å². The molecule has 2 heteroatoms. The van der Waals surface area contributed by atoms with Gasteiger partial charge in [0.25, 0.3) is 0 Å². The smallest absolute Gasteiger partial charge is 0.306 e. The molecule has 0 aromatic heterocycles. The van der Waals surface area contributed by atoms with E-state index in [4.69, 9.17) is 5.11 Å². The molecule has 86 valence electrons. The zero-order chi connectivity index (χ0) is 11.4. The van der Waals surface area contributed by atoms with Gasteiger partial charge in [0.15, 0.2) is 0 Å². The quantitative estimate of drug-likeness (QED) is 0.723. The van der Waals surface area contributed by atoms with Crippen LogP contribution in [-0.2, 0) is 4.79 Å². The van der Waals surface area contributed by atoms with Crippen LogP contribution in [0.5, 0.6) is 0 Å². The lowest BCUT2D eigenvalue weighted by atomic mass is 9.69. The number of hydrogen-bond acceptors (Lipinski definition) is 1. The molecular weight excluding hydrogens is 188 g/mol. The van der Waals surface area contributed by atoms with Gasteiger partial charge in [-0.1, -0.05) is 19.9 Å². The molecule has 0 aliphatic heterocycles. The van der Waals surface area contributed by atoms with Gasteiger partial charge in [-0.05, 0) is 43.4 Å². The maximum absolute atomic E-state index is 11.1. The van der Waals surface area contributed by atoms with Crippen LogP contribution in [0.1, 0.15) is 39.5 Å². The minimum absolute atomic E-state index is 0.141. The summed E-state index contributed by atoms with van der Waals surface area (Å²) < 4.78 is 0. The van der Waals surface area contributed by atoms with Gasteiger partial charge in [0.05, 0.1) is 5.92 Å². The molecule has 1 rings (SSSR count). The van der Waals surface area contributed by atoms with E-state index in [2.05, 4.69) is 20.4 Å². The highest BCUT2D eigenvalue weighted by Gasteiger charge is 2.34. The van der Waals surface area contributed by atoms with Crippen molar-refractivity contribution in [3.8, 4) is 0 Å². The molecule has 0 heterocycles. The molecule has 0 aromatic rings. The van der Waals surface area contributed by atoms with E-state index in [1.165, 1.54) is 0 Å².